The standard InChI is InChI=1S/C16H20ClN3O3S/c1-19(2)24(21,22)20-9-5-8-15(20)16-18-11-13(23-16)10-12-6-3-4-7-14(12)17/h3-4,6-7,11,15H,5,8-10H2,1-2H3/t15-/m1/s1. The van der Waals surface area contributed by atoms with E-state index in [0.717, 1.165) is 12.0 Å². The maximum absolute atomic E-state index is 12.4. The molecule has 3 rings (SSSR count). The predicted octanol–water partition coefficient (Wildman–Crippen LogP) is 2.86. The third-order valence-electron chi connectivity index (χ3n) is 4.14. The van der Waals surface area contributed by atoms with Gasteiger partial charge in [-0.15, -0.1) is 0 Å². The zero-order chi connectivity index (χ0) is 17.3. The highest BCUT2D eigenvalue weighted by molar-refractivity contribution is 7.86. The molecule has 1 aromatic heterocycles. The molecule has 1 saturated heterocycles. The molecule has 24 heavy (non-hydrogen) atoms. The van der Waals surface area contributed by atoms with Crippen molar-refractivity contribution in [2.75, 3.05) is 20.6 Å². The monoisotopic (exact) mass is 369 g/mol. The normalized spacial score (nSPS) is 19.2. The summed E-state index contributed by atoms with van der Waals surface area (Å²) in [5.74, 6) is 1.12. The largest absolute Gasteiger partial charge is 0.444 e. The van der Waals surface area contributed by atoms with Crippen molar-refractivity contribution in [1.82, 2.24) is 13.6 Å². The van der Waals surface area contributed by atoms with Gasteiger partial charge in [-0.25, -0.2) is 4.98 Å². The first kappa shape index (κ1) is 17.4. The summed E-state index contributed by atoms with van der Waals surface area (Å²) in [5.41, 5.74) is 0.950. The summed E-state index contributed by atoms with van der Waals surface area (Å²) in [7, 11) is -0.423. The molecule has 1 atom stereocenters. The zero-order valence-corrected chi connectivity index (χ0v) is 15.2. The van der Waals surface area contributed by atoms with Gasteiger partial charge in [-0.05, 0) is 24.5 Å². The molecule has 1 aromatic carbocycles. The van der Waals surface area contributed by atoms with Crippen LogP contribution in [0.5, 0.6) is 0 Å². The van der Waals surface area contributed by atoms with Crippen LogP contribution in [0, 0.1) is 0 Å². The quantitative estimate of drug-likeness (QED) is 0.812. The molecular formula is C16H20ClN3O3S. The van der Waals surface area contributed by atoms with Gasteiger partial charge in [0.05, 0.1) is 6.20 Å². The molecule has 2 heterocycles. The van der Waals surface area contributed by atoms with Gasteiger partial charge in [-0.1, -0.05) is 29.8 Å². The van der Waals surface area contributed by atoms with Gasteiger partial charge < -0.3 is 4.42 Å². The van der Waals surface area contributed by atoms with Gasteiger partial charge in [0.15, 0.2) is 0 Å². The number of oxazole rings is 1. The maximum atomic E-state index is 12.4. The highest BCUT2D eigenvalue weighted by Crippen LogP contribution is 2.34. The van der Waals surface area contributed by atoms with Crippen LogP contribution in [0.15, 0.2) is 34.9 Å². The lowest BCUT2D eigenvalue weighted by molar-refractivity contribution is 0.306. The highest BCUT2D eigenvalue weighted by atomic mass is 35.5. The Morgan fingerprint density at radius 3 is 2.83 bits per heavy atom. The molecule has 0 unspecified atom stereocenters. The lowest BCUT2D eigenvalue weighted by Gasteiger charge is -2.25. The van der Waals surface area contributed by atoms with E-state index in [2.05, 4.69) is 4.98 Å². The first-order chi connectivity index (χ1) is 11.4. The molecule has 130 valence electrons. The fourth-order valence-corrected chi connectivity index (χ4v) is 4.36. The smallest absolute Gasteiger partial charge is 0.282 e. The molecule has 0 spiro atoms. The summed E-state index contributed by atoms with van der Waals surface area (Å²) in [5, 5.41) is 0.674. The van der Waals surface area contributed by atoms with Gasteiger partial charge >= 0.3 is 0 Å². The molecule has 0 amide bonds. The Bertz CT molecular complexity index is 819. The number of nitrogens with zero attached hydrogens (tertiary/aromatic N) is 3. The van der Waals surface area contributed by atoms with Crippen molar-refractivity contribution in [1.29, 1.82) is 0 Å². The predicted molar refractivity (Wildman–Crippen MR) is 92.0 cm³/mol. The summed E-state index contributed by atoms with van der Waals surface area (Å²) in [6, 6.07) is 7.21. The second-order valence-electron chi connectivity index (χ2n) is 5.99. The van der Waals surface area contributed by atoms with E-state index in [0.29, 0.717) is 36.1 Å². The molecule has 0 bridgehead atoms. The summed E-state index contributed by atoms with van der Waals surface area (Å²) in [6.07, 6.45) is 3.68. The van der Waals surface area contributed by atoms with Crippen LogP contribution in [0.1, 0.15) is 36.1 Å². The van der Waals surface area contributed by atoms with Crippen LogP contribution in [0.4, 0.5) is 0 Å². The number of hydrogen-bond donors (Lipinski definition) is 0. The summed E-state index contributed by atoms with van der Waals surface area (Å²) >= 11 is 6.17. The van der Waals surface area contributed by atoms with Gasteiger partial charge in [0.1, 0.15) is 11.8 Å². The van der Waals surface area contributed by atoms with Crippen LogP contribution in [-0.2, 0) is 16.6 Å². The van der Waals surface area contributed by atoms with Gasteiger partial charge in [-0.2, -0.15) is 17.0 Å². The van der Waals surface area contributed by atoms with Crippen molar-refractivity contribution in [3.63, 3.8) is 0 Å². The van der Waals surface area contributed by atoms with Crippen molar-refractivity contribution in [3.8, 4) is 0 Å². The molecule has 0 saturated carbocycles. The Labute approximate surface area is 147 Å². The minimum atomic E-state index is -3.48. The fraction of sp³-hybridized carbons (Fsp3) is 0.438. The topological polar surface area (TPSA) is 66.7 Å². The Balaban J connectivity index is 1.81. The number of hydrogen-bond acceptors (Lipinski definition) is 4. The average molecular weight is 370 g/mol. The van der Waals surface area contributed by atoms with E-state index < -0.39 is 10.2 Å². The summed E-state index contributed by atoms with van der Waals surface area (Å²) < 4.78 is 33.4. The Kier molecular flexibility index (Phi) is 4.96. The lowest BCUT2D eigenvalue weighted by atomic mass is 10.1. The number of benzene rings is 1. The van der Waals surface area contributed by atoms with Crippen LogP contribution < -0.4 is 0 Å². The van der Waals surface area contributed by atoms with E-state index in [1.165, 1.54) is 22.7 Å². The fourth-order valence-electron chi connectivity index (χ4n) is 2.86. The Morgan fingerprint density at radius 1 is 1.38 bits per heavy atom. The third-order valence-corrected chi connectivity index (χ3v) is 6.46. The van der Waals surface area contributed by atoms with Crippen molar-refractivity contribution in [2.24, 2.45) is 0 Å². The van der Waals surface area contributed by atoms with E-state index in [-0.39, 0.29) is 6.04 Å². The molecule has 2 aromatic rings. The Hall–Kier alpha value is -1.41. The zero-order valence-electron chi connectivity index (χ0n) is 13.6. The average Bonchev–Trinajstić information content (AvgIpc) is 3.18. The molecule has 8 heteroatoms. The van der Waals surface area contributed by atoms with E-state index >= 15 is 0 Å². The van der Waals surface area contributed by atoms with Crippen molar-refractivity contribution < 1.29 is 12.8 Å². The molecule has 1 aliphatic rings. The molecule has 1 fully saturated rings. The molecule has 0 radical (unpaired) electrons. The summed E-state index contributed by atoms with van der Waals surface area (Å²) in [4.78, 5) is 4.31. The third kappa shape index (κ3) is 3.35. The minimum absolute atomic E-state index is 0.350. The van der Waals surface area contributed by atoms with Crippen LogP contribution >= 0.6 is 11.6 Å². The van der Waals surface area contributed by atoms with Crippen molar-refractivity contribution >= 4 is 21.8 Å². The van der Waals surface area contributed by atoms with Gasteiger partial charge in [0.25, 0.3) is 10.2 Å². The SMILES string of the molecule is CN(C)S(=O)(=O)N1CCC[C@@H]1c1ncc(Cc2ccccc2Cl)o1. The molecule has 0 N–H and O–H groups in total. The first-order valence-electron chi connectivity index (χ1n) is 7.77. The van der Waals surface area contributed by atoms with E-state index in [9.17, 15) is 8.42 Å². The van der Waals surface area contributed by atoms with Crippen molar-refractivity contribution in [2.45, 2.75) is 25.3 Å². The van der Waals surface area contributed by atoms with Gasteiger partial charge in [0.2, 0.25) is 5.89 Å². The molecule has 1 aliphatic heterocycles. The van der Waals surface area contributed by atoms with Crippen LogP contribution in [0.25, 0.3) is 0 Å². The number of aromatic nitrogens is 1. The Morgan fingerprint density at radius 2 is 2.12 bits per heavy atom. The molecular weight excluding hydrogens is 350 g/mol. The van der Waals surface area contributed by atoms with Gasteiger partial charge in [-0.3, -0.25) is 0 Å². The van der Waals surface area contributed by atoms with Crippen LogP contribution in [0.3, 0.4) is 0 Å². The first-order valence-corrected chi connectivity index (χ1v) is 9.54. The van der Waals surface area contributed by atoms with E-state index in [1.807, 2.05) is 24.3 Å². The molecule has 6 nitrogen and oxygen atoms in total. The molecule has 0 aliphatic carbocycles. The van der Waals surface area contributed by atoms with E-state index in [1.54, 1.807) is 6.20 Å². The second-order valence-corrected chi connectivity index (χ2v) is 8.49. The number of rotatable bonds is 5. The maximum Gasteiger partial charge on any atom is 0.282 e. The van der Waals surface area contributed by atoms with Crippen molar-refractivity contribution in [3.05, 3.63) is 52.7 Å². The van der Waals surface area contributed by atoms with Crippen LogP contribution in [0.2, 0.25) is 5.02 Å². The number of halogens is 1. The minimum Gasteiger partial charge on any atom is -0.444 e. The summed E-state index contributed by atoms with van der Waals surface area (Å²) in [6.45, 7) is 0.480. The highest BCUT2D eigenvalue weighted by Gasteiger charge is 2.39. The van der Waals surface area contributed by atoms with E-state index in [4.69, 9.17) is 16.0 Å². The van der Waals surface area contributed by atoms with Gasteiger partial charge in [0, 0.05) is 32.1 Å². The second kappa shape index (κ2) is 6.84. The van der Waals surface area contributed by atoms with Crippen LogP contribution in [-0.4, -0.2) is 42.7 Å². The lowest BCUT2D eigenvalue weighted by Crippen LogP contribution is -2.39.